The number of amides is 2. The molecule has 1 aliphatic rings. The van der Waals surface area contributed by atoms with E-state index in [0.717, 1.165) is 5.56 Å². The van der Waals surface area contributed by atoms with Crippen molar-refractivity contribution in [3.05, 3.63) is 35.4 Å². The maximum absolute atomic E-state index is 14.0. The van der Waals surface area contributed by atoms with Gasteiger partial charge in [-0.25, -0.2) is 9.18 Å². The second-order valence-corrected chi connectivity index (χ2v) is 5.35. The summed E-state index contributed by atoms with van der Waals surface area (Å²) >= 11 is 0. The molecule has 0 radical (unpaired) electrons. The Balaban J connectivity index is 2.02. The molecule has 2 rings (SSSR count). The summed E-state index contributed by atoms with van der Waals surface area (Å²) in [6, 6.07) is 6.55. The van der Waals surface area contributed by atoms with E-state index in [1.807, 2.05) is 0 Å². The fraction of sp³-hybridized carbons (Fsp3) is 0.400. The second kappa shape index (κ2) is 6.13. The van der Waals surface area contributed by atoms with Gasteiger partial charge in [0, 0.05) is 32.0 Å². The van der Waals surface area contributed by atoms with Crippen LogP contribution in [0.25, 0.3) is 0 Å². The summed E-state index contributed by atoms with van der Waals surface area (Å²) in [5, 5.41) is 11.5. The zero-order valence-electron chi connectivity index (χ0n) is 12.1. The summed E-state index contributed by atoms with van der Waals surface area (Å²) in [6.45, 7) is 1.42. The summed E-state index contributed by atoms with van der Waals surface area (Å²) in [6.07, 6.45) is -0.200. The summed E-state index contributed by atoms with van der Waals surface area (Å²) < 4.78 is 14.0. The van der Waals surface area contributed by atoms with Gasteiger partial charge in [-0.3, -0.25) is 9.59 Å². The van der Waals surface area contributed by atoms with Gasteiger partial charge in [0.1, 0.15) is 0 Å². The molecule has 1 heterocycles. The number of carbonyl (C=O) groups is 3. The zero-order chi connectivity index (χ0) is 16.3. The predicted molar refractivity (Wildman–Crippen MR) is 76.0 cm³/mol. The van der Waals surface area contributed by atoms with Gasteiger partial charge in [-0.1, -0.05) is 12.1 Å². The molecule has 2 N–H and O–H groups in total. The molecule has 1 atom stereocenters. The summed E-state index contributed by atoms with van der Waals surface area (Å²) in [5.41, 5.74) is -1.17. The highest BCUT2D eigenvalue weighted by Gasteiger charge is 2.46. The topological polar surface area (TPSA) is 86.7 Å². The number of benzene rings is 1. The van der Waals surface area contributed by atoms with Crippen LogP contribution < -0.4 is 5.32 Å². The third-order valence-electron chi connectivity index (χ3n) is 3.63. The van der Waals surface area contributed by atoms with Crippen LogP contribution in [0.4, 0.5) is 4.39 Å². The van der Waals surface area contributed by atoms with Crippen LogP contribution in [0.5, 0.6) is 0 Å². The van der Waals surface area contributed by atoms with Crippen LogP contribution in [0.2, 0.25) is 0 Å². The highest BCUT2D eigenvalue weighted by atomic mass is 19.1. The predicted octanol–water partition coefficient (Wildman–Crippen LogP) is 0.961. The van der Waals surface area contributed by atoms with Crippen LogP contribution in [0.15, 0.2) is 24.3 Å². The number of rotatable bonds is 4. The number of alkyl halides is 1. The molecule has 1 aromatic rings. The number of carboxylic acid groups (broad SMARTS) is 1. The van der Waals surface area contributed by atoms with E-state index >= 15 is 0 Å². The molecular weight excluding hydrogens is 291 g/mol. The minimum atomic E-state index is -2.36. The minimum absolute atomic E-state index is 0.0786. The molecule has 1 unspecified atom stereocenters. The average molecular weight is 308 g/mol. The van der Waals surface area contributed by atoms with E-state index in [9.17, 15) is 18.8 Å². The Morgan fingerprint density at radius 3 is 2.45 bits per heavy atom. The molecule has 0 spiro atoms. The molecule has 1 fully saturated rings. The van der Waals surface area contributed by atoms with E-state index in [0.29, 0.717) is 12.1 Å². The normalized spacial score (nSPS) is 20.7. The highest BCUT2D eigenvalue weighted by molar-refractivity contribution is 5.95. The van der Waals surface area contributed by atoms with Crippen LogP contribution in [0, 0.1) is 0 Å². The van der Waals surface area contributed by atoms with Gasteiger partial charge in [0.2, 0.25) is 11.6 Å². The molecule has 1 aromatic carbocycles. The lowest BCUT2D eigenvalue weighted by Crippen LogP contribution is -2.38. The van der Waals surface area contributed by atoms with E-state index in [4.69, 9.17) is 5.11 Å². The van der Waals surface area contributed by atoms with E-state index in [1.54, 1.807) is 24.3 Å². The molecule has 118 valence electrons. The van der Waals surface area contributed by atoms with E-state index < -0.39 is 24.1 Å². The lowest BCUT2D eigenvalue weighted by Gasteiger charge is -2.18. The van der Waals surface area contributed by atoms with Gasteiger partial charge in [-0.2, -0.15) is 0 Å². The standard InChI is InChI=1S/C15H17FN2O4/c1-10(19)17-8-11-2-4-12(5-3-11)13(20)18-7-6-15(16,9-18)14(21)22/h2-5H,6-9H2,1H3,(H,17,19)(H,21,22). The van der Waals surface area contributed by atoms with Crippen molar-refractivity contribution in [3.63, 3.8) is 0 Å². The van der Waals surface area contributed by atoms with Crippen LogP contribution in [-0.2, 0) is 16.1 Å². The first-order valence-electron chi connectivity index (χ1n) is 6.87. The number of hydrogen-bond donors (Lipinski definition) is 2. The number of nitrogens with one attached hydrogen (secondary N) is 1. The second-order valence-electron chi connectivity index (χ2n) is 5.35. The molecule has 22 heavy (non-hydrogen) atoms. The van der Waals surface area contributed by atoms with Gasteiger partial charge in [-0.15, -0.1) is 0 Å². The first-order valence-corrected chi connectivity index (χ1v) is 6.87. The quantitative estimate of drug-likeness (QED) is 0.867. The summed E-state index contributed by atoms with van der Waals surface area (Å²) in [7, 11) is 0. The molecule has 7 heteroatoms. The lowest BCUT2D eigenvalue weighted by atomic mass is 10.1. The third-order valence-corrected chi connectivity index (χ3v) is 3.63. The van der Waals surface area contributed by atoms with E-state index in [-0.39, 0.29) is 18.9 Å². The monoisotopic (exact) mass is 308 g/mol. The van der Waals surface area contributed by atoms with Crippen LogP contribution in [0.1, 0.15) is 29.3 Å². The van der Waals surface area contributed by atoms with Gasteiger partial charge in [0.15, 0.2) is 0 Å². The highest BCUT2D eigenvalue weighted by Crippen LogP contribution is 2.27. The molecule has 1 aliphatic heterocycles. The maximum atomic E-state index is 14.0. The average Bonchev–Trinajstić information content (AvgIpc) is 2.89. The molecule has 0 bridgehead atoms. The number of aliphatic carboxylic acids is 1. The van der Waals surface area contributed by atoms with Crippen molar-refractivity contribution in [1.82, 2.24) is 10.2 Å². The van der Waals surface area contributed by atoms with Gasteiger partial charge in [0.25, 0.3) is 5.91 Å². The smallest absolute Gasteiger partial charge is 0.343 e. The van der Waals surface area contributed by atoms with Crippen molar-refractivity contribution < 1.29 is 23.9 Å². The SMILES string of the molecule is CC(=O)NCc1ccc(C(=O)N2CCC(F)(C(=O)O)C2)cc1. The fourth-order valence-electron chi connectivity index (χ4n) is 2.30. The number of halogens is 1. The van der Waals surface area contributed by atoms with Crippen LogP contribution in [-0.4, -0.2) is 46.5 Å². The largest absolute Gasteiger partial charge is 0.479 e. The Labute approximate surface area is 126 Å². The molecule has 1 saturated heterocycles. The lowest BCUT2D eigenvalue weighted by molar-refractivity contribution is -0.149. The first kappa shape index (κ1) is 15.9. The number of carbonyl (C=O) groups excluding carboxylic acids is 2. The number of hydrogen-bond acceptors (Lipinski definition) is 3. The Morgan fingerprint density at radius 2 is 1.95 bits per heavy atom. The van der Waals surface area contributed by atoms with Gasteiger partial charge >= 0.3 is 5.97 Å². The minimum Gasteiger partial charge on any atom is -0.479 e. The first-order chi connectivity index (χ1) is 10.3. The van der Waals surface area contributed by atoms with Gasteiger partial charge < -0.3 is 15.3 Å². The van der Waals surface area contributed by atoms with Crippen molar-refractivity contribution in [2.75, 3.05) is 13.1 Å². The Morgan fingerprint density at radius 1 is 1.32 bits per heavy atom. The Kier molecular flexibility index (Phi) is 4.44. The molecule has 0 aliphatic carbocycles. The van der Waals surface area contributed by atoms with Crippen molar-refractivity contribution in [2.45, 2.75) is 25.6 Å². The van der Waals surface area contributed by atoms with Crippen molar-refractivity contribution >= 4 is 17.8 Å². The fourth-order valence-corrected chi connectivity index (χ4v) is 2.30. The molecule has 2 amide bonds. The number of likely N-dealkylation sites (tertiary alicyclic amines) is 1. The Bertz CT molecular complexity index is 602. The maximum Gasteiger partial charge on any atom is 0.343 e. The molecular formula is C15H17FN2O4. The van der Waals surface area contributed by atoms with Crippen LogP contribution in [0.3, 0.4) is 0 Å². The van der Waals surface area contributed by atoms with Crippen molar-refractivity contribution in [3.8, 4) is 0 Å². The Hall–Kier alpha value is -2.44. The third kappa shape index (κ3) is 3.41. The van der Waals surface area contributed by atoms with Gasteiger partial charge in [0.05, 0.1) is 6.54 Å². The van der Waals surface area contributed by atoms with E-state index in [1.165, 1.54) is 11.8 Å². The van der Waals surface area contributed by atoms with Crippen molar-refractivity contribution in [2.24, 2.45) is 0 Å². The molecule has 0 aromatic heterocycles. The summed E-state index contributed by atoms with van der Waals surface area (Å²) in [4.78, 5) is 35.1. The molecule has 0 saturated carbocycles. The van der Waals surface area contributed by atoms with Crippen LogP contribution >= 0.6 is 0 Å². The van der Waals surface area contributed by atoms with Gasteiger partial charge in [-0.05, 0) is 17.7 Å². The number of nitrogens with zero attached hydrogens (tertiary/aromatic N) is 1. The van der Waals surface area contributed by atoms with Crippen molar-refractivity contribution in [1.29, 1.82) is 0 Å². The number of carboxylic acids is 1. The summed E-state index contributed by atoms with van der Waals surface area (Å²) in [5.74, 6) is -2.08. The molecule has 6 nitrogen and oxygen atoms in total. The zero-order valence-corrected chi connectivity index (χ0v) is 12.1. The van der Waals surface area contributed by atoms with E-state index in [2.05, 4.69) is 5.32 Å².